The fourth-order valence-electron chi connectivity index (χ4n) is 16.0. The zero-order valence-electron chi connectivity index (χ0n) is 60.3. The van der Waals surface area contributed by atoms with Gasteiger partial charge < -0.3 is 18.0 Å². The molecule has 112 heavy (non-hydrogen) atoms. The Kier molecular flexibility index (Phi) is 16.0. The van der Waals surface area contributed by atoms with Gasteiger partial charge in [-0.05, 0) is 142 Å². The molecule has 524 valence electrons. The van der Waals surface area contributed by atoms with Gasteiger partial charge in [-0.2, -0.15) is 0 Å². The van der Waals surface area contributed by atoms with Crippen molar-refractivity contribution in [3.63, 3.8) is 0 Å². The number of hydrogen-bond acceptors (Lipinski definition) is 8. The Morgan fingerprint density at radius 2 is 0.509 bits per heavy atom. The molecule has 0 bridgehead atoms. The van der Waals surface area contributed by atoms with Gasteiger partial charge in [0.1, 0.15) is 22.3 Å². The molecule has 10 heteroatoms. The van der Waals surface area contributed by atoms with Crippen molar-refractivity contribution in [2.75, 3.05) is 0 Å². The topological polar surface area (TPSA) is 113 Å². The standard InChI is InChI=1S/2C51H32N4O/c1-4-14-33(15-5-1)41-32-38(51-53-49(34-16-6-2-7-17-34)52-50(54-51)35-18-8-3-9-19-35)25-28-45(41)55-44-22-12-10-20-39(44)42-30-36(24-27-46(42)55)37-26-29-48-43(31-37)40-21-11-13-23-47(40)56-48;1-3-14-33(15-4-1)49-52-50(34-16-5-2-6-17-34)54-51(53-49)42-23-8-7-20-39(42)37-18-13-19-38(30-37)55-45-24-11-9-21-40(45)43-31-35(26-28-46(43)55)36-27-29-48-44(32-36)41-22-10-12-25-47(41)56-48/h2*1-32H. The summed E-state index contributed by atoms with van der Waals surface area (Å²) < 4.78 is 17.0. The molecule has 16 aromatic carbocycles. The monoisotopic (exact) mass is 1430 g/mol. The van der Waals surface area contributed by atoms with Gasteiger partial charge in [0.05, 0.1) is 27.8 Å². The predicted octanol–water partition coefficient (Wildman–Crippen LogP) is 26.4. The molecule has 0 aliphatic rings. The number of aromatic nitrogens is 8. The fourth-order valence-corrected chi connectivity index (χ4v) is 16.0. The van der Waals surface area contributed by atoms with Crippen LogP contribution in [-0.2, 0) is 0 Å². The van der Waals surface area contributed by atoms with E-state index in [1.807, 2.05) is 152 Å². The summed E-state index contributed by atoms with van der Waals surface area (Å²) in [6, 6.07) is 135. The van der Waals surface area contributed by atoms with E-state index in [0.717, 1.165) is 155 Å². The number of hydrogen-bond donors (Lipinski definition) is 0. The summed E-state index contributed by atoms with van der Waals surface area (Å²) in [5.41, 5.74) is 24.9. The Morgan fingerprint density at radius 3 is 1.00 bits per heavy atom. The van der Waals surface area contributed by atoms with Crippen LogP contribution in [0.4, 0.5) is 0 Å². The molecular weight excluding hydrogens is 1370 g/mol. The molecular formula is C102H64N8O2. The number of para-hydroxylation sites is 4. The number of furan rings is 2. The molecule has 6 heterocycles. The summed E-state index contributed by atoms with van der Waals surface area (Å²) in [4.78, 5) is 30.1. The SMILES string of the molecule is c1ccc(-c2nc(-c3ccccc3)nc(-c3ccc(-n4c5ccccc5c5cc(-c6ccc7oc8ccccc8c7c6)ccc54)c(-c4ccccc4)c3)n2)cc1.c1ccc(-c2nc(-c3ccccc3)nc(-c3ccccc3-c3cccc(-n4c5ccccc5c5cc(-c6ccc7oc8ccccc8c7c6)ccc54)c3)n2)cc1. The number of fused-ring (bicyclic) bond motifs is 12. The zero-order chi connectivity index (χ0) is 74.0. The first-order chi connectivity index (χ1) is 55.5. The number of rotatable bonds is 12. The van der Waals surface area contributed by atoms with Gasteiger partial charge in [0.25, 0.3) is 0 Å². The highest BCUT2D eigenvalue weighted by molar-refractivity contribution is 6.14. The Balaban J connectivity index is 0.000000141. The average molecular weight is 1430 g/mol. The van der Waals surface area contributed by atoms with Crippen LogP contribution in [0.25, 0.3) is 212 Å². The van der Waals surface area contributed by atoms with Crippen LogP contribution in [-0.4, -0.2) is 39.0 Å². The molecule has 0 saturated heterocycles. The van der Waals surface area contributed by atoms with Crippen LogP contribution < -0.4 is 0 Å². The van der Waals surface area contributed by atoms with Gasteiger partial charge in [-0.3, -0.25) is 0 Å². The Bertz CT molecular complexity index is 7260. The lowest BCUT2D eigenvalue weighted by Gasteiger charge is -2.16. The van der Waals surface area contributed by atoms with Crippen molar-refractivity contribution in [1.29, 1.82) is 0 Å². The maximum Gasteiger partial charge on any atom is 0.164 e. The minimum atomic E-state index is 0.621. The van der Waals surface area contributed by atoms with Crippen LogP contribution >= 0.6 is 0 Å². The second-order valence-electron chi connectivity index (χ2n) is 28.1. The largest absolute Gasteiger partial charge is 0.456 e. The van der Waals surface area contributed by atoms with Gasteiger partial charge in [0, 0.05) is 87.7 Å². The molecule has 0 spiro atoms. The third kappa shape index (κ3) is 11.7. The third-order valence-electron chi connectivity index (χ3n) is 21.3. The van der Waals surface area contributed by atoms with Crippen molar-refractivity contribution in [1.82, 2.24) is 39.0 Å². The summed E-state index contributed by atoms with van der Waals surface area (Å²) in [5.74, 6) is 3.80. The maximum absolute atomic E-state index is 6.15. The van der Waals surface area contributed by atoms with Crippen LogP contribution in [0.1, 0.15) is 0 Å². The Hall–Kier alpha value is -15.3. The molecule has 0 unspecified atom stereocenters. The van der Waals surface area contributed by atoms with Crippen molar-refractivity contribution in [2.24, 2.45) is 0 Å². The van der Waals surface area contributed by atoms with E-state index in [9.17, 15) is 0 Å². The lowest BCUT2D eigenvalue weighted by atomic mass is 9.98. The van der Waals surface area contributed by atoms with Crippen LogP contribution in [0.3, 0.4) is 0 Å². The molecule has 0 saturated carbocycles. The molecule has 22 aromatic rings. The maximum atomic E-state index is 6.15. The van der Waals surface area contributed by atoms with Gasteiger partial charge in [0.2, 0.25) is 0 Å². The van der Waals surface area contributed by atoms with E-state index < -0.39 is 0 Å². The van der Waals surface area contributed by atoms with Crippen LogP contribution in [0, 0.1) is 0 Å². The first-order valence-corrected chi connectivity index (χ1v) is 37.5. The highest BCUT2D eigenvalue weighted by atomic mass is 16.3. The summed E-state index contributed by atoms with van der Waals surface area (Å²) in [7, 11) is 0. The molecule has 22 rings (SSSR count). The normalized spacial score (nSPS) is 11.6. The summed E-state index contributed by atoms with van der Waals surface area (Å²) in [6.07, 6.45) is 0. The predicted molar refractivity (Wildman–Crippen MR) is 457 cm³/mol. The molecule has 0 N–H and O–H groups in total. The smallest absolute Gasteiger partial charge is 0.164 e. The number of benzene rings is 16. The van der Waals surface area contributed by atoms with E-state index in [1.54, 1.807) is 0 Å². The van der Waals surface area contributed by atoms with Gasteiger partial charge >= 0.3 is 0 Å². The second-order valence-corrected chi connectivity index (χ2v) is 28.1. The minimum Gasteiger partial charge on any atom is -0.456 e. The lowest BCUT2D eigenvalue weighted by Crippen LogP contribution is -2.02. The van der Waals surface area contributed by atoms with Crippen LogP contribution in [0.2, 0.25) is 0 Å². The Morgan fingerprint density at radius 1 is 0.170 bits per heavy atom. The summed E-state index contributed by atoms with van der Waals surface area (Å²) >= 11 is 0. The highest BCUT2D eigenvalue weighted by Gasteiger charge is 2.23. The second kappa shape index (κ2) is 27.5. The number of nitrogens with zero attached hydrogens (tertiary/aromatic N) is 8. The molecule has 0 atom stereocenters. The fraction of sp³-hybridized carbons (Fsp3) is 0. The molecule has 0 radical (unpaired) electrons. The van der Waals surface area contributed by atoms with E-state index in [4.69, 9.17) is 38.7 Å². The van der Waals surface area contributed by atoms with Crippen molar-refractivity contribution in [3.8, 4) is 124 Å². The van der Waals surface area contributed by atoms with Crippen molar-refractivity contribution >= 4 is 87.5 Å². The van der Waals surface area contributed by atoms with Gasteiger partial charge in [-0.1, -0.05) is 285 Å². The van der Waals surface area contributed by atoms with Crippen LogP contribution in [0.5, 0.6) is 0 Å². The van der Waals surface area contributed by atoms with E-state index in [0.29, 0.717) is 34.9 Å². The molecule has 0 fully saturated rings. The van der Waals surface area contributed by atoms with Crippen LogP contribution in [0.15, 0.2) is 397 Å². The van der Waals surface area contributed by atoms with Gasteiger partial charge in [-0.15, -0.1) is 0 Å². The zero-order valence-corrected chi connectivity index (χ0v) is 60.3. The van der Waals surface area contributed by atoms with Gasteiger partial charge in [0.15, 0.2) is 34.9 Å². The lowest BCUT2D eigenvalue weighted by molar-refractivity contribution is 0.668. The molecule has 0 aliphatic carbocycles. The minimum absolute atomic E-state index is 0.621. The quantitative estimate of drug-likeness (QED) is 0.119. The molecule has 6 aromatic heterocycles. The summed E-state index contributed by atoms with van der Waals surface area (Å²) in [6.45, 7) is 0. The first-order valence-electron chi connectivity index (χ1n) is 37.5. The van der Waals surface area contributed by atoms with Crippen molar-refractivity contribution in [3.05, 3.63) is 388 Å². The van der Waals surface area contributed by atoms with E-state index in [2.05, 4.69) is 246 Å². The molecule has 10 nitrogen and oxygen atoms in total. The first kappa shape index (κ1) is 65.1. The van der Waals surface area contributed by atoms with Crippen molar-refractivity contribution in [2.45, 2.75) is 0 Å². The average Bonchev–Trinajstić information content (AvgIpc) is 1.57. The van der Waals surface area contributed by atoms with E-state index in [-0.39, 0.29) is 0 Å². The Labute approximate surface area is 643 Å². The molecule has 0 aliphatic heterocycles. The van der Waals surface area contributed by atoms with Crippen molar-refractivity contribution < 1.29 is 8.83 Å². The van der Waals surface area contributed by atoms with E-state index in [1.165, 1.54) is 21.5 Å². The highest BCUT2D eigenvalue weighted by Crippen LogP contribution is 2.44. The summed E-state index contributed by atoms with van der Waals surface area (Å²) in [5, 5.41) is 9.30. The van der Waals surface area contributed by atoms with E-state index >= 15 is 0 Å². The van der Waals surface area contributed by atoms with Gasteiger partial charge in [-0.25, -0.2) is 29.9 Å². The molecule has 0 amide bonds. The third-order valence-corrected chi connectivity index (χ3v) is 21.3.